The van der Waals surface area contributed by atoms with Crippen LogP contribution in [0.4, 0.5) is 5.69 Å². The van der Waals surface area contributed by atoms with Gasteiger partial charge >= 0.3 is 0 Å². The predicted octanol–water partition coefficient (Wildman–Crippen LogP) is 2.30. The van der Waals surface area contributed by atoms with Crippen molar-refractivity contribution in [3.8, 4) is 0 Å². The van der Waals surface area contributed by atoms with E-state index < -0.39 is 10.0 Å². The first-order chi connectivity index (χ1) is 9.62. The number of anilines is 1. The molecule has 0 bridgehead atoms. The molecule has 1 aliphatic carbocycles. The lowest BCUT2D eigenvalue weighted by Gasteiger charge is -2.07. The summed E-state index contributed by atoms with van der Waals surface area (Å²) in [5, 5.41) is 0. The molecule has 1 N–H and O–H groups in total. The Morgan fingerprint density at radius 3 is 2.35 bits per heavy atom. The zero-order valence-corrected chi connectivity index (χ0v) is 11.7. The summed E-state index contributed by atoms with van der Waals surface area (Å²) in [6.45, 7) is 0. The number of hydrogen-bond acceptors (Lipinski definition) is 4. The minimum absolute atomic E-state index is 0.0573. The number of sulfonamides is 1. The first-order valence-corrected chi connectivity index (χ1v) is 8.14. The van der Waals surface area contributed by atoms with Crippen molar-refractivity contribution in [2.45, 2.75) is 24.5 Å². The summed E-state index contributed by atoms with van der Waals surface area (Å²) in [6, 6.07) is 9.06. The Kier molecular flexibility index (Phi) is 3.40. The zero-order valence-electron chi connectivity index (χ0n) is 10.9. The molecule has 0 aliphatic heterocycles. The Hall–Kier alpha value is -1.95. The van der Waals surface area contributed by atoms with Gasteiger partial charge in [-0.15, -0.1) is 0 Å². The summed E-state index contributed by atoms with van der Waals surface area (Å²) in [6.07, 6.45) is 5.31. The Balaban J connectivity index is 1.69. The quantitative estimate of drug-likeness (QED) is 0.916. The zero-order chi connectivity index (χ0) is 14.0. The molecular weight excluding hydrogens is 274 g/mol. The highest BCUT2D eigenvalue weighted by molar-refractivity contribution is 7.91. The highest BCUT2D eigenvalue weighted by atomic mass is 32.2. The van der Waals surface area contributed by atoms with E-state index in [9.17, 15) is 8.42 Å². The van der Waals surface area contributed by atoms with Gasteiger partial charge in [0.15, 0.2) is 0 Å². The standard InChI is InChI=1S/C14H15N3O2S/c18-20(19,10-11-4-2-1-3-5-11)17-13-8-15-14(16-9-13)12-6-7-12/h1-5,8-9,12,17H,6-7,10H2. The average Bonchev–Trinajstić information content (AvgIpc) is 3.24. The molecule has 0 spiro atoms. The highest BCUT2D eigenvalue weighted by Crippen LogP contribution is 2.37. The number of aromatic nitrogens is 2. The topological polar surface area (TPSA) is 72.0 Å². The number of nitrogens with one attached hydrogen (secondary N) is 1. The minimum atomic E-state index is -3.44. The summed E-state index contributed by atoms with van der Waals surface area (Å²) in [5.41, 5.74) is 1.15. The first-order valence-electron chi connectivity index (χ1n) is 6.49. The highest BCUT2D eigenvalue weighted by Gasteiger charge is 2.26. The molecule has 20 heavy (non-hydrogen) atoms. The van der Waals surface area contributed by atoms with Crippen molar-refractivity contribution in [3.05, 3.63) is 54.1 Å². The Morgan fingerprint density at radius 2 is 1.75 bits per heavy atom. The summed E-state index contributed by atoms with van der Waals surface area (Å²) in [5.74, 6) is 1.21. The normalized spacial score (nSPS) is 15.0. The molecule has 1 aromatic carbocycles. The molecule has 0 radical (unpaired) electrons. The molecule has 3 rings (SSSR count). The maximum Gasteiger partial charge on any atom is 0.237 e. The van der Waals surface area contributed by atoms with Crippen LogP contribution in [0.3, 0.4) is 0 Å². The molecule has 0 amide bonds. The predicted molar refractivity (Wildman–Crippen MR) is 76.7 cm³/mol. The number of nitrogens with zero attached hydrogens (tertiary/aromatic N) is 2. The first kappa shape index (κ1) is 13.1. The van der Waals surface area contributed by atoms with Crippen LogP contribution in [0, 0.1) is 0 Å². The van der Waals surface area contributed by atoms with Crippen LogP contribution in [0.1, 0.15) is 30.1 Å². The molecule has 5 nitrogen and oxygen atoms in total. The summed E-state index contributed by atoms with van der Waals surface area (Å²) in [4.78, 5) is 8.39. The summed E-state index contributed by atoms with van der Waals surface area (Å²) < 4.78 is 26.6. The lowest BCUT2D eigenvalue weighted by Crippen LogP contribution is -2.15. The van der Waals surface area contributed by atoms with Gasteiger partial charge in [-0.05, 0) is 18.4 Å². The molecule has 1 aliphatic rings. The molecule has 104 valence electrons. The van der Waals surface area contributed by atoms with Crippen molar-refractivity contribution in [2.75, 3.05) is 4.72 Å². The van der Waals surface area contributed by atoms with Crippen molar-refractivity contribution in [3.63, 3.8) is 0 Å². The van der Waals surface area contributed by atoms with E-state index in [2.05, 4.69) is 14.7 Å². The van der Waals surface area contributed by atoms with E-state index >= 15 is 0 Å². The second-order valence-electron chi connectivity index (χ2n) is 4.95. The molecule has 0 atom stereocenters. The van der Waals surface area contributed by atoms with E-state index in [1.54, 1.807) is 12.1 Å². The lowest BCUT2D eigenvalue weighted by molar-refractivity contribution is 0.600. The van der Waals surface area contributed by atoms with Gasteiger partial charge in [0.2, 0.25) is 10.0 Å². The number of benzene rings is 1. The van der Waals surface area contributed by atoms with E-state index in [0.717, 1.165) is 24.2 Å². The molecule has 1 heterocycles. The van der Waals surface area contributed by atoms with Gasteiger partial charge in [0.25, 0.3) is 0 Å². The van der Waals surface area contributed by atoms with Crippen LogP contribution in [-0.2, 0) is 15.8 Å². The Labute approximate surface area is 118 Å². The Morgan fingerprint density at radius 1 is 1.10 bits per heavy atom. The van der Waals surface area contributed by atoms with Crippen LogP contribution < -0.4 is 4.72 Å². The average molecular weight is 289 g/mol. The fraction of sp³-hybridized carbons (Fsp3) is 0.286. The third-order valence-corrected chi connectivity index (χ3v) is 4.35. The fourth-order valence-corrected chi connectivity index (χ4v) is 3.12. The maximum absolute atomic E-state index is 12.0. The van der Waals surface area contributed by atoms with Gasteiger partial charge in [0, 0.05) is 5.92 Å². The third kappa shape index (κ3) is 3.33. The monoisotopic (exact) mass is 289 g/mol. The van der Waals surface area contributed by atoms with Gasteiger partial charge in [0.05, 0.1) is 23.8 Å². The maximum atomic E-state index is 12.0. The van der Waals surface area contributed by atoms with Crippen LogP contribution in [0.5, 0.6) is 0 Å². The fourth-order valence-electron chi connectivity index (χ4n) is 1.95. The second kappa shape index (κ2) is 5.20. The van der Waals surface area contributed by atoms with Crippen LogP contribution in [0.2, 0.25) is 0 Å². The van der Waals surface area contributed by atoms with Gasteiger partial charge in [-0.1, -0.05) is 30.3 Å². The molecule has 6 heteroatoms. The number of hydrogen-bond donors (Lipinski definition) is 1. The van der Waals surface area contributed by atoms with Crippen LogP contribution >= 0.6 is 0 Å². The van der Waals surface area contributed by atoms with E-state index in [1.807, 2.05) is 18.2 Å². The smallest absolute Gasteiger partial charge is 0.237 e. The van der Waals surface area contributed by atoms with Crippen molar-refractivity contribution in [2.24, 2.45) is 0 Å². The van der Waals surface area contributed by atoms with Gasteiger partial charge in [-0.25, -0.2) is 18.4 Å². The van der Waals surface area contributed by atoms with Crippen LogP contribution in [0.25, 0.3) is 0 Å². The molecule has 1 saturated carbocycles. The number of rotatable bonds is 5. The molecule has 1 fully saturated rings. The lowest BCUT2D eigenvalue weighted by atomic mass is 10.2. The van der Waals surface area contributed by atoms with E-state index in [-0.39, 0.29) is 5.75 Å². The third-order valence-electron chi connectivity index (χ3n) is 3.09. The van der Waals surface area contributed by atoms with Gasteiger partial charge < -0.3 is 0 Å². The molecule has 0 saturated heterocycles. The van der Waals surface area contributed by atoms with E-state index in [4.69, 9.17) is 0 Å². The van der Waals surface area contributed by atoms with Gasteiger partial charge in [-0.3, -0.25) is 4.72 Å². The van der Waals surface area contributed by atoms with Crippen LogP contribution in [0.15, 0.2) is 42.7 Å². The van der Waals surface area contributed by atoms with Gasteiger partial charge in [-0.2, -0.15) is 0 Å². The van der Waals surface area contributed by atoms with Gasteiger partial charge in [0.1, 0.15) is 5.82 Å². The molecule has 1 aromatic heterocycles. The van der Waals surface area contributed by atoms with Crippen molar-refractivity contribution < 1.29 is 8.42 Å². The Bertz CT molecular complexity index is 680. The largest absolute Gasteiger partial charge is 0.280 e. The molecule has 0 unspecified atom stereocenters. The van der Waals surface area contributed by atoms with Crippen LogP contribution in [-0.4, -0.2) is 18.4 Å². The SMILES string of the molecule is O=S(=O)(Cc1ccccc1)Nc1cnc(C2CC2)nc1. The van der Waals surface area contributed by atoms with E-state index in [0.29, 0.717) is 11.6 Å². The van der Waals surface area contributed by atoms with Crippen molar-refractivity contribution in [1.82, 2.24) is 9.97 Å². The minimum Gasteiger partial charge on any atom is -0.280 e. The van der Waals surface area contributed by atoms with E-state index in [1.165, 1.54) is 12.4 Å². The molecular formula is C14H15N3O2S. The molecule has 2 aromatic rings. The summed E-state index contributed by atoms with van der Waals surface area (Å²) in [7, 11) is -3.44. The second-order valence-corrected chi connectivity index (χ2v) is 6.67. The van der Waals surface area contributed by atoms with Crippen molar-refractivity contribution >= 4 is 15.7 Å². The van der Waals surface area contributed by atoms with Crippen molar-refractivity contribution in [1.29, 1.82) is 0 Å². The summed E-state index contributed by atoms with van der Waals surface area (Å²) >= 11 is 0.